The molecule has 0 aliphatic carbocycles. The largest absolute Gasteiger partial charge is 0.402 e. The molecule has 0 aliphatic rings. The van der Waals surface area contributed by atoms with Gasteiger partial charge in [-0.1, -0.05) is 11.8 Å². The van der Waals surface area contributed by atoms with Crippen LogP contribution >= 0.6 is 11.8 Å². The summed E-state index contributed by atoms with van der Waals surface area (Å²) in [7, 11) is 1.28. The Morgan fingerprint density at radius 1 is 1.53 bits per heavy atom. The molecule has 1 aromatic heterocycles. The Labute approximate surface area is 97.0 Å². The number of hydrogen-bond donors (Lipinski definition) is 2. The highest BCUT2D eigenvalue weighted by Gasteiger charge is 2.40. The van der Waals surface area contributed by atoms with E-state index in [1.54, 1.807) is 0 Å². The molecule has 0 bridgehead atoms. The van der Waals surface area contributed by atoms with E-state index in [-0.39, 0.29) is 16.9 Å². The van der Waals surface area contributed by atoms with Crippen LogP contribution in [0, 0.1) is 0 Å². The fraction of sp³-hybridized carbons (Fsp3) is 0.571. The molecule has 0 amide bonds. The van der Waals surface area contributed by atoms with Crippen molar-refractivity contribution in [2.75, 3.05) is 6.54 Å². The van der Waals surface area contributed by atoms with E-state index in [0.717, 1.165) is 4.68 Å². The van der Waals surface area contributed by atoms with Gasteiger partial charge in [0.05, 0.1) is 0 Å². The van der Waals surface area contributed by atoms with Gasteiger partial charge in [0.1, 0.15) is 5.25 Å². The smallest absolute Gasteiger partial charge is 0.329 e. The standard InChI is InChI=1S/C7H9F3N4O2S/c1-14-6(12-4(15)5(16)13-14)17-3(2-11)7(8,9)10/h3H,2,11H2,1H3,(H,13,16). The highest BCUT2D eigenvalue weighted by molar-refractivity contribution is 7.99. The molecular weight excluding hydrogens is 261 g/mol. The number of hydrogen-bond acceptors (Lipinski definition) is 5. The van der Waals surface area contributed by atoms with Crippen LogP contribution in [0.15, 0.2) is 14.7 Å². The number of aryl methyl sites for hydroxylation is 1. The number of nitrogens with zero attached hydrogens (tertiary/aromatic N) is 2. The topological polar surface area (TPSA) is 93.8 Å². The molecule has 1 unspecified atom stereocenters. The van der Waals surface area contributed by atoms with Gasteiger partial charge in [-0.25, -0.2) is 0 Å². The van der Waals surface area contributed by atoms with Crippen LogP contribution < -0.4 is 16.9 Å². The number of thioether (sulfide) groups is 1. The second kappa shape index (κ2) is 4.92. The Bertz CT molecular complexity index is 509. The van der Waals surface area contributed by atoms with Crippen LogP contribution in [0.5, 0.6) is 0 Å². The van der Waals surface area contributed by atoms with E-state index in [0.29, 0.717) is 0 Å². The highest BCUT2D eigenvalue weighted by atomic mass is 32.2. The minimum atomic E-state index is -4.51. The van der Waals surface area contributed by atoms with Gasteiger partial charge >= 0.3 is 17.3 Å². The predicted octanol–water partition coefficient (Wildman–Crippen LogP) is -0.550. The van der Waals surface area contributed by atoms with E-state index in [1.165, 1.54) is 7.05 Å². The highest BCUT2D eigenvalue weighted by Crippen LogP contribution is 2.32. The van der Waals surface area contributed by atoms with Gasteiger partial charge < -0.3 is 5.73 Å². The number of nitrogens with two attached hydrogens (primary N) is 1. The minimum Gasteiger partial charge on any atom is -0.329 e. The van der Waals surface area contributed by atoms with Gasteiger partial charge in [0.15, 0.2) is 5.16 Å². The molecule has 0 saturated carbocycles. The Hall–Kier alpha value is -1.29. The average molecular weight is 270 g/mol. The third-order valence-corrected chi connectivity index (χ3v) is 3.09. The van der Waals surface area contributed by atoms with Gasteiger partial charge in [-0.3, -0.25) is 19.4 Å². The van der Waals surface area contributed by atoms with Crippen LogP contribution in [0.3, 0.4) is 0 Å². The van der Waals surface area contributed by atoms with Crippen molar-refractivity contribution in [3.05, 3.63) is 20.7 Å². The fourth-order valence-electron chi connectivity index (χ4n) is 0.942. The lowest BCUT2D eigenvalue weighted by molar-refractivity contribution is -0.126. The molecule has 0 aromatic carbocycles. The average Bonchev–Trinajstić information content (AvgIpc) is 2.19. The Kier molecular flexibility index (Phi) is 3.98. The maximum atomic E-state index is 12.4. The monoisotopic (exact) mass is 270 g/mol. The summed E-state index contributed by atoms with van der Waals surface area (Å²) in [5, 5.41) is -0.0856. The Morgan fingerprint density at radius 3 is 2.59 bits per heavy atom. The Morgan fingerprint density at radius 2 is 2.12 bits per heavy atom. The molecule has 10 heteroatoms. The molecule has 0 radical (unpaired) electrons. The first-order chi connectivity index (χ1) is 7.75. The number of H-pyrrole nitrogens is 1. The second-order valence-electron chi connectivity index (χ2n) is 3.08. The number of aromatic nitrogens is 3. The van der Waals surface area contributed by atoms with Crippen molar-refractivity contribution in [3.8, 4) is 0 Å². The molecule has 1 atom stereocenters. The van der Waals surface area contributed by atoms with Crippen molar-refractivity contribution in [2.45, 2.75) is 16.6 Å². The zero-order valence-corrected chi connectivity index (χ0v) is 9.43. The zero-order valence-electron chi connectivity index (χ0n) is 8.61. The molecule has 3 N–H and O–H groups in total. The van der Waals surface area contributed by atoms with E-state index >= 15 is 0 Å². The molecule has 0 fully saturated rings. The van der Waals surface area contributed by atoms with Crippen molar-refractivity contribution < 1.29 is 13.2 Å². The summed E-state index contributed by atoms with van der Waals surface area (Å²) in [4.78, 5) is 25.0. The van der Waals surface area contributed by atoms with Crippen LogP contribution in [0.1, 0.15) is 0 Å². The van der Waals surface area contributed by atoms with Crippen LogP contribution in [0.2, 0.25) is 0 Å². The molecule has 1 rings (SSSR count). The molecule has 1 aromatic rings. The number of nitrogens with one attached hydrogen (secondary N) is 1. The van der Waals surface area contributed by atoms with Gasteiger partial charge in [-0.15, -0.1) is 0 Å². The third kappa shape index (κ3) is 3.33. The fourth-order valence-corrected chi connectivity index (χ4v) is 1.77. The summed E-state index contributed by atoms with van der Waals surface area (Å²) in [6.45, 7) is -0.650. The lowest BCUT2D eigenvalue weighted by atomic mass is 10.4. The van der Waals surface area contributed by atoms with Gasteiger partial charge in [-0.2, -0.15) is 18.2 Å². The van der Waals surface area contributed by atoms with Crippen molar-refractivity contribution in [3.63, 3.8) is 0 Å². The number of alkyl halides is 3. The minimum absolute atomic E-state index is 0.248. The quantitative estimate of drug-likeness (QED) is 0.568. The normalized spacial score (nSPS) is 13.7. The first kappa shape index (κ1) is 13.8. The second-order valence-corrected chi connectivity index (χ2v) is 4.25. The lowest BCUT2D eigenvalue weighted by Gasteiger charge is -2.17. The maximum Gasteiger partial charge on any atom is 0.402 e. The molecule has 1 heterocycles. The number of rotatable bonds is 3. The van der Waals surface area contributed by atoms with E-state index in [9.17, 15) is 22.8 Å². The van der Waals surface area contributed by atoms with Gasteiger partial charge in [0.2, 0.25) is 0 Å². The zero-order chi connectivity index (χ0) is 13.2. The van der Waals surface area contributed by atoms with Crippen molar-refractivity contribution in [2.24, 2.45) is 12.8 Å². The molecule has 0 saturated heterocycles. The summed E-state index contributed by atoms with van der Waals surface area (Å²) in [5.74, 6) is 0. The first-order valence-corrected chi connectivity index (χ1v) is 5.24. The van der Waals surface area contributed by atoms with E-state index in [4.69, 9.17) is 5.73 Å². The molecule has 6 nitrogen and oxygen atoms in total. The van der Waals surface area contributed by atoms with E-state index in [2.05, 4.69) is 4.98 Å². The predicted molar refractivity (Wildman–Crippen MR) is 54.9 cm³/mol. The van der Waals surface area contributed by atoms with Gasteiger partial charge in [-0.05, 0) is 0 Å². The first-order valence-electron chi connectivity index (χ1n) is 4.36. The molecule has 0 aliphatic heterocycles. The molecule has 96 valence electrons. The van der Waals surface area contributed by atoms with Gasteiger partial charge in [0.25, 0.3) is 0 Å². The summed E-state index contributed by atoms with van der Waals surface area (Å²) in [6, 6.07) is 0. The van der Waals surface area contributed by atoms with Crippen LogP contribution in [0.25, 0.3) is 0 Å². The van der Waals surface area contributed by atoms with Crippen molar-refractivity contribution in [1.82, 2.24) is 14.8 Å². The maximum absolute atomic E-state index is 12.4. The summed E-state index contributed by atoms with van der Waals surface area (Å²) >= 11 is 0.277. The van der Waals surface area contributed by atoms with E-state index < -0.39 is 29.1 Å². The third-order valence-electron chi connectivity index (χ3n) is 1.77. The van der Waals surface area contributed by atoms with Crippen molar-refractivity contribution >= 4 is 11.8 Å². The number of halogens is 3. The summed E-state index contributed by atoms with van der Waals surface area (Å²) in [6.07, 6.45) is -4.51. The molecule has 17 heavy (non-hydrogen) atoms. The van der Waals surface area contributed by atoms with Gasteiger partial charge in [0, 0.05) is 13.6 Å². The number of aromatic amines is 1. The van der Waals surface area contributed by atoms with E-state index in [1.807, 2.05) is 5.10 Å². The lowest BCUT2D eigenvalue weighted by Crippen LogP contribution is -2.37. The van der Waals surface area contributed by atoms with Crippen LogP contribution in [-0.2, 0) is 7.05 Å². The summed E-state index contributed by atoms with van der Waals surface area (Å²) < 4.78 is 38.2. The summed E-state index contributed by atoms with van der Waals surface area (Å²) in [5.41, 5.74) is 2.87. The SMILES string of the molecule is Cn1[nH]c(=O)c(=O)nc1SC(CN)C(F)(F)F. The molecule has 0 spiro atoms. The Balaban J connectivity index is 3.07. The molecular formula is C7H9F3N4O2S. The van der Waals surface area contributed by atoms with Crippen molar-refractivity contribution in [1.29, 1.82) is 0 Å². The van der Waals surface area contributed by atoms with Crippen LogP contribution in [0.4, 0.5) is 13.2 Å². The van der Waals surface area contributed by atoms with Crippen LogP contribution in [-0.4, -0.2) is 32.7 Å².